The average molecular weight is 190 g/mol. The van der Waals surface area contributed by atoms with Crippen LogP contribution in [0.3, 0.4) is 0 Å². The number of carbonyl (C=O) groups excluding carboxylic acids is 1. The van der Waals surface area contributed by atoms with Crippen molar-refractivity contribution < 1.29 is 4.79 Å². The molecule has 3 nitrogen and oxygen atoms in total. The van der Waals surface area contributed by atoms with Crippen molar-refractivity contribution in [2.24, 2.45) is 11.5 Å². The van der Waals surface area contributed by atoms with E-state index >= 15 is 0 Å². The van der Waals surface area contributed by atoms with Crippen molar-refractivity contribution in [3.63, 3.8) is 0 Å². The van der Waals surface area contributed by atoms with E-state index in [1.54, 1.807) is 12.1 Å². The number of hydrogen-bond acceptors (Lipinski definition) is 2. The van der Waals surface area contributed by atoms with Gasteiger partial charge in [-0.15, -0.1) is 0 Å². The molecule has 1 aromatic rings. The fourth-order valence-corrected chi connectivity index (χ4v) is 1.53. The van der Waals surface area contributed by atoms with Crippen LogP contribution >= 0.6 is 0 Å². The van der Waals surface area contributed by atoms with Crippen LogP contribution in [0.2, 0.25) is 0 Å². The van der Waals surface area contributed by atoms with Gasteiger partial charge in [0.25, 0.3) is 0 Å². The lowest BCUT2D eigenvalue weighted by molar-refractivity contribution is 0.100. The highest BCUT2D eigenvalue weighted by Gasteiger charge is 2.37. The molecule has 0 aromatic heterocycles. The molecule has 1 fully saturated rings. The molecule has 2 rings (SSSR count). The Bertz CT molecular complexity index is 352. The van der Waals surface area contributed by atoms with Crippen LogP contribution in [0.1, 0.15) is 28.8 Å². The number of primary amides is 1. The molecule has 3 heteroatoms. The molecule has 0 atom stereocenters. The molecular formula is C11H14N2O. The van der Waals surface area contributed by atoms with E-state index in [1.807, 2.05) is 12.1 Å². The topological polar surface area (TPSA) is 69.1 Å². The first kappa shape index (κ1) is 9.21. The van der Waals surface area contributed by atoms with Gasteiger partial charge in [0.2, 0.25) is 5.91 Å². The van der Waals surface area contributed by atoms with Crippen LogP contribution in [0, 0.1) is 0 Å². The molecule has 0 aliphatic heterocycles. The van der Waals surface area contributed by atoms with E-state index in [1.165, 1.54) is 5.56 Å². The van der Waals surface area contributed by atoms with Crippen molar-refractivity contribution in [2.75, 3.05) is 0 Å². The summed E-state index contributed by atoms with van der Waals surface area (Å²) in [6, 6.07) is 7.35. The Labute approximate surface area is 83.1 Å². The van der Waals surface area contributed by atoms with E-state index in [-0.39, 0.29) is 11.4 Å². The van der Waals surface area contributed by atoms with E-state index in [4.69, 9.17) is 11.5 Å². The first-order chi connectivity index (χ1) is 6.59. The summed E-state index contributed by atoms with van der Waals surface area (Å²) in [6.07, 6.45) is 3.10. The van der Waals surface area contributed by atoms with Gasteiger partial charge in [0, 0.05) is 11.1 Å². The van der Waals surface area contributed by atoms with Crippen LogP contribution in [0.5, 0.6) is 0 Å². The van der Waals surface area contributed by atoms with E-state index in [0.29, 0.717) is 5.56 Å². The van der Waals surface area contributed by atoms with Crippen molar-refractivity contribution in [1.82, 2.24) is 0 Å². The first-order valence-corrected chi connectivity index (χ1v) is 4.77. The van der Waals surface area contributed by atoms with Gasteiger partial charge in [0.15, 0.2) is 0 Å². The lowest BCUT2D eigenvalue weighted by Crippen LogP contribution is -2.24. The quantitative estimate of drug-likeness (QED) is 0.740. The van der Waals surface area contributed by atoms with Crippen LogP contribution in [0.15, 0.2) is 24.3 Å². The van der Waals surface area contributed by atoms with Gasteiger partial charge in [-0.3, -0.25) is 4.79 Å². The first-order valence-electron chi connectivity index (χ1n) is 4.77. The molecule has 1 saturated carbocycles. The molecule has 74 valence electrons. The van der Waals surface area contributed by atoms with Gasteiger partial charge in [0.05, 0.1) is 0 Å². The summed E-state index contributed by atoms with van der Waals surface area (Å²) in [4.78, 5) is 10.8. The summed E-state index contributed by atoms with van der Waals surface area (Å²) in [5.41, 5.74) is 12.9. The van der Waals surface area contributed by atoms with Gasteiger partial charge in [0.1, 0.15) is 0 Å². The Hall–Kier alpha value is -1.35. The molecule has 0 unspecified atom stereocenters. The number of amides is 1. The van der Waals surface area contributed by atoms with E-state index in [0.717, 1.165) is 19.3 Å². The highest BCUT2D eigenvalue weighted by molar-refractivity contribution is 5.92. The minimum atomic E-state index is -0.384. The van der Waals surface area contributed by atoms with E-state index in [9.17, 15) is 4.79 Å². The van der Waals surface area contributed by atoms with Crippen molar-refractivity contribution >= 4 is 5.91 Å². The Kier molecular flexibility index (Phi) is 2.04. The van der Waals surface area contributed by atoms with Crippen LogP contribution < -0.4 is 11.5 Å². The maximum atomic E-state index is 10.8. The molecular weight excluding hydrogens is 176 g/mol. The fourth-order valence-electron chi connectivity index (χ4n) is 1.53. The predicted molar refractivity (Wildman–Crippen MR) is 54.8 cm³/mol. The number of rotatable bonds is 3. The molecule has 14 heavy (non-hydrogen) atoms. The van der Waals surface area contributed by atoms with Crippen LogP contribution in [0.25, 0.3) is 0 Å². The second kappa shape index (κ2) is 3.10. The molecule has 4 N–H and O–H groups in total. The normalized spacial score (nSPS) is 17.8. The van der Waals surface area contributed by atoms with Gasteiger partial charge in [-0.2, -0.15) is 0 Å². The molecule has 1 aromatic carbocycles. The predicted octanol–water partition coefficient (Wildman–Crippen LogP) is 0.819. The zero-order valence-corrected chi connectivity index (χ0v) is 7.99. The molecule has 0 bridgehead atoms. The molecule has 0 saturated heterocycles. The smallest absolute Gasteiger partial charge is 0.248 e. The van der Waals surface area contributed by atoms with Crippen LogP contribution in [-0.4, -0.2) is 11.4 Å². The summed E-state index contributed by atoms with van der Waals surface area (Å²) >= 11 is 0. The summed E-state index contributed by atoms with van der Waals surface area (Å²) in [5, 5.41) is 0. The maximum Gasteiger partial charge on any atom is 0.248 e. The van der Waals surface area contributed by atoms with Gasteiger partial charge in [-0.25, -0.2) is 0 Å². The maximum absolute atomic E-state index is 10.8. The second-order valence-corrected chi connectivity index (χ2v) is 4.10. The summed E-state index contributed by atoms with van der Waals surface area (Å²) in [6.45, 7) is 0. The molecule has 0 radical (unpaired) electrons. The van der Waals surface area contributed by atoms with Gasteiger partial charge in [-0.1, -0.05) is 12.1 Å². The average Bonchev–Trinajstić information content (AvgIpc) is 2.84. The Balaban J connectivity index is 2.10. The lowest BCUT2D eigenvalue weighted by Gasteiger charge is -2.08. The van der Waals surface area contributed by atoms with Gasteiger partial charge < -0.3 is 11.5 Å². The number of nitrogens with two attached hydrogens (primary N) is 2. The number of benzene rings is 1. The van der Waals surface area contributed by atoms with Crippen molar-refractivity contribution in [2.45, 2.75) is 24.8 Å². The number of carbonyl (C=O) groups is 1. The van der Waals surface area contributed by atoms with E-state index < -0.39 is 0 Å². The molecule has 1 aliphatic rings. The van der Waals surface area contributed by atoms with Crippen molar-refractivity contribution in [3.8, 4) is 0 Å². The van der Waals surface area contributed by atoms with E-state index in [2.05, 4.69) is 0 Å². The number of hydrogen-bond donors (Lipinski definition) is 2. The summed E-state index contributed by atoms with van der Waals surface area (Å²) in [7, 11) is 0. The van der Waals surface area contributed by atoms with Gasteiger partial charge in [-0.05, 0) is 37.0 Å². The summed E-state index contributed by atoms with van der Waals surface area (Å²) in [5.74, 6) is -0.384. The largest absolute Gasteiger partial charge is 0.366 e. The Morgan fingerprint density at radius 3 is 2.29 bits per heavy atom. The zero-order valence-electron chi connectivity index (χ0n) is 7.99. The second-order valence-electron chi connectivity index (χ2n) is 4.10. The summed E-state index contributed by atoms with van der Waals surface area (Å²) < 4.78 is 0. The van der Waals surface area contributed by atoms with Crippen LogP contribution in [0.4, 0.5) is 0 Å². The highest BCUT2D eigenvalue weighted by Crippen LogP contribution is 2.35. The molecule has 0 spiro atoms. The Morgan fingerprint density at radius 1 is 1.29 bits per heavy atom. The molecule has 0 heterocycles. The minimum Gasteiger partial charge on any atom is -0.366 e. The fraction of sp³-hybridized carbons (Fsp3) is 0.364. The van der Waals surface area contributed by atoms with Gasteiger partial charge >= 0.3 is 0 Å². The molecule has 1 aliphatic carbocycles. The minimum absolute atomic E-state index is 0.0221. The van der Waals surface area contributed by atoms with Crippen molar-refractivity contribution in [3.05, 3.63) is 35.4 Å². The molecule has 1 amide bonds. The third kappa shape index (κ3) is 1.93. The lowest BCUT2D eigenvalue weighted by atomic mass is 10.0. The third-order valence-corrected chi connectivity index (χ3v) is 2.69. The SMILES string of the molecule is NC(=O)c1ccc(CC2(N)CC2)cc1. The monoisotopic (exact) mass is 190 g/mol. The third-order valence-electron chi connectivity index (χ3n) is 2.69. The van der Waals surface area contributed by atoms with Crippen LogP contribution in [-0.2, 0) is 6.42 Å². The standard InChI is InChI=1S/C11H14N2O/c12-10(14)9-3-1-8(2-4-9)7-11(13)5-6-11/h1-4H,5-7,13H2,(H2,12,14). The highest BCUT2D eigenvalue weighted by atomic mass is 16.1. The Morgan fingerprint density at radius 2 is 1.86 bits per heavy atom. The van der Waals surface area contributed by atoms with Crippen molar-refractivity contribution in [1.29, 1.82) is 0 Å². The zero-order chi connectivity index (χ0) is 10.2.